The Morgan fingerprint density at radius 3 is 2.44 bits per heavy atom. The number of hydrogen-bond acceptors (Lipinski definition) is 4. The van der Waals surface area contributed by atoms with Crippen LogP contribution < -0.4 is 5.32 Å². The van der Waals surface area contributed by atoms with Gasteiger partial charge < -0.3 is 10.4 Å². The van der Waals surface area contributed by atoms with Gasteiger partial charge in [0.15, 0.2) is 0 Å². The summed E-state index contributed by atoms with van der Waals surface area (Å²) in [7, 11) is 0. The van der Waals surface area contributed by atoms with Gasteiger partial charge in [0.1, 0.15) is 12.1 Å². The van der Waals surface area contributed by atoms with Crippen molar-refractivity contribution in [3.8, 4) is 0 Å². The molecule has 0 aliphatic rings. The van der Waals surface area contributed by atoms with Gasteiger partial charge in [-0.15, -0.1) is 0 Å². The number of aromatic carboxylic acids is 1. The molecule has 25 heavy (non-hydrogen) atoms. The van der Waals surface area contributed by atoms with Crippen molar-refractivity contribution in [1.82, 2.24) is 9.97 Å². The number of nitrogens with zero attached hydrogens (tertiary/aromatic N) is 2. The number of carbonyl (C=O) groups is 1. The molecule has 128 valence electrons. The summed E-state index contributed by atoms with van der Waals surface area (Å²) in [6, 6.07) is 9.48. The number of fused-ring (bicyclic) bond motifs is 1. The van der Waals surface area contributed by atoms with Gasteiger partial charge in [-0.25, -0.2) is 14.8 Å². The highest BCUT2D eigenvalue weighted by atomic mass is 19.4. The van der Waals surface area contributed by atoms with E-state index in [0.717, 1.165) is 12.1 Å². The van der Waals surface area contributed by atoms with Crippen molar-refractivity contribution in [1.29, 1.82) is 0 Å². The molecule has 0 unspecified atom stereocenters. The van der Waals surface area contributed by atoms with Crippen LogP contribution in [-0.2, 0) is 12.7 Å². The van der Waals surface area contributed by atoms with Crippen LogP contribution in [0.15, 0.2) is 48.8 Å². The average Bonchev–Trinajstić information content (AvgIpc) is 2.58. The maximum atomic E-state index is 12.6. The molecule has 0 aliphatic heterocycles. The molecule has 0 saturated heterocycles. The van der Waals surface area contributed by atoms with Crippen molar-refractivity contribution >= 4 is 22.7 Å². The Hall–Kier alpha value is -3.16. The van der Waals surface area contributed by atoms with E-state index in [2.05, 4.69) is 15.3 Å². The molecule has 0 aliphatic carbocycles. The molecule has 2 N–H and O–H groups in total. The van der Waals surface area contributed by atoms with Gasteiger partial charge in [0, 0.05) is 11.9 Å². The molecular weight excluding hydrogens is 335 g/mol. The lowest BCUT2D eigenvalue weighted by molar-refractivity contribution is -0.137. The number of nitrogens with one attached hydrogen (secondary N) is 1. The summed E-state index contributed by atoms with van der Waals surface area (Å²) < 4.78 is 37.7. The number of halogens is 3. The molecule has 0 fully saturated rings. The lowest BCUT2D eigenvalue weighted by Gasteiger charge is -2.11. The summed E-state index contributed by atoms with van der Waals surface area (Å²) in [5, 5.41) is 12.7. The Morgan fingerprint density at radius 1 is 1.08 bits per heavy atom. The fraction of sp³-hybridized carbons (Fsp3) is 0.118. The second-order valence-corrected chi connectivity index (χ2v) is 5.28. The predicted octanol–water partition coefficient (Wildman–Crippen LogP) is 3.96. The van der Waals surface area contributed by atoms with Gasteiger partial charge in [-0.2, -0.15) is 13.2 Å². The Labute approximate surface area is 140 Å². The van der Waals surface area contributed by atoms with E-state index < -0.39 is 17.7 Å². The third-order valence-electron chi connectivity index (χ3n) is 3.64. The summed E-state index contributed by atoms with van der Waals surface area (Å²) >= 11 is 0. The molecule has 0 atom stereocenters. The van der Waals surface area contributed by atoms with Gasteiger partial charge in [0.25, 0.3) is 0 Å². The summed E-state index contributed by atoms with van der Waals surface area (Å²) in [5.41, 5.74) is 0.265. The van der Waals surface area contributed by atoms with Crippen LogP contribution in [0.2, 0.25) is 0 Å². The van der Waals surface area contributed by atoms with Gasteiger partial charge in [-0.3, -0.25) is 0 Å². The first-order valence-corrected chi connectivity index (χ1v) is 7.23. The molecule has 0 radical (unpaired) electrons. The third-order valence-corrected chi connectivity index (χ3v) is 3.64. The molecule has 0 bridgehead atoms. The van der Waals surface area contributed by atoms with Crippen LogP contribution in [-0.4, -0.2) is 21.0 Å². The van der Waals surface area contributed by atoms with Crippen molar-refractivity contribution in [2.75, 3.05) is 5.32 Å². The lowest BCUT2D eigenvalue weighted by Crippen LogP contribution is -2.07. The minimum Gasteiger partial charge on any atom is -0.478 e. The third kappa shape index (κ3) is 3.52. The quantitative estimate of drug-likeness (QED) is 0.747. The Kier molecular flexibility index (Phi) is 4.26. The Balaban J connectivity index is 1.84. The fourth-order valence-electron chi connectivity index (χ4n) is 2.40. The van der Waals surface area contributed by atoms with Crippen LogP contribution in [0.1, 0.15) is 21.5 Å². The van der Waals surface area contributed by atoms with Crippen molar-refractivity contribution in [2.24, 2.45) is 0 Å². The van der Waals surface area contributed by atoms with Crippen molar-refractivity contribution in [3.63, 3.8) is 0 Å². The smallest absolute Gasteiger partial charge is 0.416 e. The molecule has 1 heterocycles. The number of alkyl halides is 3. The topological polar surface area (TPSA) is 75.1 Å². The first-order chi connectivity index (χ1) is 11.9. The predicted molar refractivity (Wildman–Crippen MR) is 85.3 cm³/mol. The van der Waals surface area contributed by atoms with E-state index in [9.17, 15) is 23.1 Å². The Bertz CT molecular complexity index is 925. The van der Waals surface area contributed by atoms with Crippen LogP contribution in [0.3, 0.4) is 0 Å². The van der Waals surface area contributed by atoms with E-state index in [1.54, 1.807) is 12.1 Å². The van der Waals surface area contributed by atoms with E-state index in [4.69, 9.17) is 0 Å². The number of aromatic nitrogens is 2. The van der Waals surface area contributed by atoms with E-state index in [-0.39, 0.29) is 12.1 Å². The molecule has 0 spiro atoms. The summed E-state index contributed by atoms with van der Waals surface area (Å²) in [4.78, 5) is 19.3. The molecule has 3 rings (SSSR count). The molecule has 2 aromatic carbocycles. The van der Waals surface area contributed by atoms with Crippen molar-refractivity contribution in [3.05, 3.63) is 65.5 Å². The van der Waals surface area contributed by atoms with Crippen LogP contribution in [0.25, 0.3) is 10.9 Å². The number of hydrogen-bond donors (Lipinski definition) is 2. The number of carboxylic acids is 1. The van der Waals surface area contributed by atoms with E-state index in [1.165, 1.54) is 24.5 Å². The van der Waals surface area contributed by atoms with Gasteiger partial charge >= 0.3 is 12.1 Å². The average molecular weight is 347 g/mol. The maximum Gasteiger partial charge on any atom is 0.416 e. The summed E-state index contributed by atoms with van der Waals surface area (Å²) in [6.45, 7) is 0.238. The monoisotopic (exact) mass is 347 g/mol. The van der Waals surface area contributed by atoms with Gasteiger partial charge in [-0.05, 0) is 29.8 Å². The largest absolute Gasteiger partial charge is 0.478 e. The molecule has 1 aromatic heterocycles. The SMILES string of the molecule is O=C(O)c1cccc2c(NCc3ccc(C(F)(F)F)cc3)ncnc12. The second kappa shape index (κ2) is 6.39. The Morgan fingerprint density at radius 2 is 1.80 bits per heavy atom. The zero-order valence-electron chi connectivity index (χ0n) is 12.7. The van der Waals surface area contributed by atoms with Crippen molar-refractivity contribution in [2.45, 2.75) is 12.7 Å². The van der Waals surface area contributed by atoms with E-state index >= 15 is 0 Å². The molecule has 0 saturated carbocycles. The molecule has 3 aromatic rings. The lowest BCUT2D eigenvalue weighted by atomic mass is 10.1. The van der Waals surface area contributed by atoms with Gasteiger partial charge in [-0.1, -0.05) is 18.2 Å². The minimum absolute atomic E-state index is 0.0532. The van der Waals surface area contributed by atoms with Gasteiger partial charge in [0.2, 0.25) is 0 Å². The first-order valence-electron chi connectivity index (χ1n) is 7.23. The molecular formula is C17H12F3N3O2. The standard InChI is InChI=1S/C17H12F3N3O2/c18-17(19,20)11-6-4-10(5-7-11)8-21-15-12-2-1-3-13(16(24)25)14(12)22-9-23-15/h1-7,9H,8H2,(H,24,25)(H,21,22,23). The number of carboxylic acid groups (broad SMARTS) is 1. The number of para-hydroxylation sites is 1. The minimum atomic E-state index is -4.37. The summed E-state index contributed by atoms with van der Waals surface area (Å²) in [5.74, 6) is -0.689. The number of rotatable bonds is 4. The van der Waals surface area contributed by atoms with Gasteiger partial charge in [0.05, 0.1) is 16.6 Å². The zero-order chi connectivity index (χ0) is 18.0. The molecule has 8 heteroatoms. The van der Waals surface area contributed by atoms with E-state index in [1.807, 2.05) is 0 Å². The normalized spacial score (nSPS) is 11.5. The second-order valence-electron chi connectivity index (χ2n) is 5.28. The highest BCUT2D eigenvalue weighted by Gasteiger charge is 2.29. The van der Waals surface area contributed by atoms with Crippen LogP contribution in [0, 0.1) is 0 Å². The fourth-order valence-corrected chi connectivity index (χ4v) is 2.40. The maximum absolute atomic E-state index is 12.6. The zero-order valence-corrected chi connectivity index (χ0v) is 12.7. The highest BCUT2D eigenvalue weighted by Crippen LogP contribution is 2.29. The van der Waals surface area contributed by atoms with Crippen LogP contribution in [0.4, 0.5) is 19.0 Å². The first kappa shape index (κ1) is 16.7. The summed E-state index contributed by atoms with van der Waals surface area (Å²) in [6.07, 6.45) is -3.13. The molecule has 0 amide bonds. The highest BCUT2D eigenvalue weighted by molar-refractivity contribution is 6.04. The van der Waals surface area contributed by atoms with E-state index in [0.29, 0.717) is 22.3 Å². The van der Waals surface area contributed by atoms with Crippen LogP contribution in [0.5, 0.6) is 0 Å². The van der Waals surface area contributed by atoms with Crippen LogP contribution >= 0.6 is 0 Å². The number of benzene rings is 2. The number of anilines is 1. The molecule has 5 nitrogen and oxygen atoms in total. The van der Waals surface area contributed by atoms with Crippen molar-refractivity contribution < 1.29 is 23.1 Å².